The summed E-state index contributed by atoms with van der Waals surface area (Å²) in [5, 5.41) is 0. The molecule has 3 rings (SSSR count). The molecule has 1 fully saturated rings. The van der Waals surface area contributed by atoms with E-state index >= 15 is 0 Å². The third kappa shape index (κ3) is 2.28. The van der Waals surface area contributed by atoms with Gasteiger partial charge in [0.15, 0.2) is 6.10 Å². The molecule has 1 amide bonds. The fourth-order valence-electron chi connectivity index (χ4n) is 2.69. The van der Waals surface area contributed by atoms with E-state index in [1.54, 1.807) is 19.1 Å². The summed E-state index contributed by atoms with van der Waals surface area (Å²) in [6.45, 7) is 0. The summed E-state index contributed by atoms with van der Waals surface area (Å²) in [7, 11) is 3.21. The highest BCUT2D eigenvalue weighted by molar-refractivity contribution is 6.05. The van der Waals surface area contributed by atoms with Gasteiger partial charge in [0.25, 0.3) is 5.91 Å². The number of carbonyl (C=O) groups is 1. The molecule has 1 saturated heterocycles. The number of benzene rings is 2. The number of hydrogen-bond donors (Lipinski definition) is 0. The molecular formula is C17H17NO3. The lowest BCUT2D eigenvalue weighted by molar-refractivity contribution is -0.139. The first kappa shape index (κ1) is 13.6. The molecule has 0 radical (unpaired) electrons. The molecule has 0 aliphatic carbocycles. The molecule has 2 atom stereocenters. The predicted molar refractivity (Wildman–Crippen MR) is 80.5 cm³/mol. The van der Waals surface area contributed by atoms with Crippen molar-refractivity contribution >= 4 is 11.6 Å². The first-order valence-corrected chi connectivity index (χ1v) is 6.81. The Bertz CT molecular complexity index is 624. The number of amides is 1. The van der Waals surface area contributed by atoms with Crippen LogP contribution in [0.3, 0.4) is 0 Å². The molecule has 0 N–H and O–H groups in total. The fraction of sp³-hybridized carbons (Fsp3) is 0.235. The zero-order valence-corrected chi connectivity index (χ0v) is 12.0. The van der Waals surface area contributed by atoms with Crippen LogP contribution in [0.4, 0.5) is 5.69 Å². The molecule has 0 aromatic heterocycles. The molecule has 2 aromatic rings. The second-order valence-electron chi connectivity index (χ2n) is 4.92. The van der Waals surface area contributed by atoms with E-state index < -0.39 is 6.10 Å². The number of carbonyl (C=O) groups excluding carboxylic acids is 1. The second kappa shape index (κ2) is 5.58. The first-order valence-electron chi connectivity index (χ1n) is 6.81. The number of β-lactam (4-membered cyclic amide) rings is 1. The van der Waals surface area contributed by atoms with Crippen molar-refractivity contribution in [3.63, 3.8) is 0 Å². The average molecular weight is 283 g/mol. The SMILES string of the molecule is COc1ccc([C@@H]2[C@H](OC)C(=O)N2c2ccccc2)cc1. The van der Waals surface area contributed by atoms with E-state index in [1.807, 2.05) is 54.6 Å². The van der Waals surface area contributed by atoms with Gasteiger partial charge in [-0.15, -0.1) is 0 Å². The summed E-state index contributed by atoms with van der Waals surface area (Å²) in [6, 6.07) is 17.3. The molecule has 1 aliphatic heterocycles. The van der Waals surface area contributed by atoms with Gasteiger partial charge >= 0.3 is 0 Å². The van der Waals surface area contributed by atoms with E-state index in [2.05, 4.69) is 0 Å². The third-order valence-corrected chi connectivity index (χ3v) is 3.79. The molecule has 108 valence electrons. The Morgan fingerprint density at radius 1 is 0.952 bits per heavy atom. The molecule has 21 heavy (non-hydrogen) atoms. The highest BCUT2D eigenvalue weighted by Crippen LogP contribution is 2.40. The normalized spacial score (nSPS) is 21.0. The van der Waals surface area contributed by atoms with Gasteiger partial charge in [0, 0.05) is 12.8 Å². The van der Waals surface area contributed by atoms with Crippen molar-refractivity contribution in [2.24, 2.45) is 0 Å². The molecule has 0 spiro atoms. The van der Waals surface area contributed by atoms with E-state index in [0.717, 1.165) is 17.0 Å². The van der Waals surface area contributed by atoms with Gasteiger partial charge in [-0.3, -0.25) is 9.69 Å². The summed E-state index contributed by atoms with van der Waals surface area (Å²) < 4.78 is 10.5. The van der Waals surface area contributed by atoms with E-state index in [9.17, 15) is 4.79 Å². The first-order chi connectivity index (χ1) is 10.3. The summed E-state index contributed by atoms with van der Waals surface area (Å²) >= 11 is 0. The van der Waals surface area contributed by atoms with Gasteiger partial charge in [0.2, 0.25) is 0 Å². The topological polar surface area (TPSA) is 38.8 Å². The van der Waals surface area contributed by atoms with Crippen LogP contribution in [0.25, 0.3) is 0 Å². The highest BCUT2D eigenvalue weighted by Gasteiger charge is 2.49. The predicted octanol–water partition coefficient (Wildman–Crippen LogP) is 2.80. The van der Waals surface area contributed by atoms with Gasteiger partial charge in [-0.1, -0.05) is 30.3 Å². The maximum atomic E-state index is 12.3. The van der Waals surface area contributed by atoms with Gasteiger partial charge in [-0.05, 0) is 29.8 Å². The minimum atomic E-state index is -0.432. The molecule has 0 saturated carbocycles. The smallest absolute Gasteiger partial charge is 0.259 e. The van der Waals surface area contributed by atoms with E-state index in [4.69, 9.17) is 9.47 Å². The average Bonchev–Trinajstić information content (AvgIpc) is 2.54. The van der Waals surface area contributed by atoms with Crippen LogP contribution in [0.15, 0.2) is 54.6 Å². The standard InChI is InChI=1S/C17H17NO3/c1-20-14-10-8-12(9-11-14)15-16(21-2)17(19)18(15)13-6-4-3-5-7-13/h3-11,15-16H,1-2H3/t15-,16+/m1/s1. The lowest BCUT2D eigenvalue weighted by Gasteiger charge is -2.46. The maximum absolute atomic E-state index is 12.3. The Kier molecular flexibility index (Phi) is 3.62. The lowest BCUT2D eigenvalue weighted by atomic mass is 9.89. The molecule has 0 bridgehead atoms. The summed E-state index contributed by atoms with van der Waals surface area (Å²) in [4.78, 5) is 14.1. The minimum Gasteiger partial charge on any atom is -0.497 e. The molecule has 4 heteroatoms. The largest absolute Gasteiger partial charge is 0.497 e. The second-order valence-corrected chi connectivity index (χ2v) is 4.92. The number of para-hydroxylation sites is 1. The van der Waals surface area contributed by atoms with Crippen LogP contribution in [-0.4, -0.2) is 26.2 Å². The van der Waals surface area contributed by atoms with E-state index in [0.29, 0.717) is 0 Å². The molecule has 4 nitrogen and oxygen atoms in total. The summed E-state index contributed by atoms with van der Waals surface area (Å²) in [5.74, 6) is 0.786. The Balaban J connectivity index is 1.94. The molecule has 2 aromatic carbocycles. The number of hydrogen-bond acceptors (Lipinski definition) is 3. The van der Waals surface area contributed by atoms with Gasteiger partial charge in [0.05, 0.1) is 13.2 Å². The van der Waals surface area contributed by atoms with Gasteiger partial charge < -0.3 is 9.47 Å². The highest BCUT2D eigenvalue weighted by atomic mass is 16.5. The third-order valence-electron chi connectivity index (χ3n) is 3.79. The van der Waals surface area contributed by atoms with Crippen LogP contribution < -0.4 is 9.64 Å². The van der Waals surface area contributed by atoms with Crippen LogP contribution in [-0.2, 0) is 9.53 Å². The monoisotopic (exact) mass is 283 g/mol. The van der Waals surface area contributed by atoms with Crippen LogP contribution in [0.5, 0.6) is 5.75 Å². The Morgan fingerprint density at radius 2 is 1.62 bits per heavy atom. The molecule has 1 aliphatic rings. The Morgan fingerprint density at radius 3 is 2.19 bits per heavy atom. The van der Waals surface area contributed by atoms with Crippen molar-refractivity contribution in [3.05, 3.63) is 60.2 Å². The van der Waals surface area contributed by atoms with Crippen LogP contribution >= 0.6 is 0 Å². The van der Waals surface area contributed by atoms with E-state index in [-0.39, 0.29) is 11.9 Å². The number of nitrogens with zero attached hydrogens (tertiary/aromatic N) is 1. The fourth-order valence-corrected chi connectivity index (χ4v) is 2.69. The van der Waals surface area contributed by atoms with Crippen LogP contribution in [0, 0.1) is 0 Å². The van der Waals surface area contributed by atoms with Crippen molar-refractivity contribution in [2.75, 3.05) is 19.1 Å². The molecular weight excluding hydrogens is 266 g/mol. The van der Waals surface area contributed by atoms with Crippen molar-refractivity contribution in [1.82, 2.24) is 0 Å². The van der Waals surface area contributed by atoms with Crippen molar-refractivity contribution in [2.45, 2.75) is 12.1 Å². The quantitative estimate of drug-likeness (QED) is 0.810. The number of methoxy groups -OCH3 is 2. The Hall–Kier alpha value is -2.33. The maximum Gasteiger partial charge on any atom is 0.259 e. The van der Waals surface area contributed by atoms with E-state index in [1.165, 1.54) is 0 Å². The zero-order valence-electron chi connectivity index (χ0n) is 12.0. The van der Waals surface area contributed by atoms with Crippen LogP contribution in [0.2, 0.25) is 0 Å². The van der Waals surface area contributed by atoms with Crippen molar-refractivity contribution < 1.29 is 14.3 Å². The molecule has 1 heterocycles. The summed E-state index contributed by atoms with van der Waals surface area (Å²) in [6.07, 6.45) is -0.432. The number of rotatable bonds is 4. The molecule has 0 unspecified atom stereocenters. The zero-order chi connectivity index (χ0) is 14.8. The van der Waals surface area contributed by atoms with Gasteiger partial charge in [-0.25, -0.2) is 0 Å². The summed E-state index contributed by atoms with van der Waals surface area (Å²) in [5.41, 5.74) is 1.92. The Labute approximate surface area is 123 Å². The lowest BCUT2D eigenvalue weighted by Crippen LogP contribution is -2.59. The van der Waals surface area contributed by atoms with Crippen molar-refractivity contribution in [1.29, 1.82) is 0 Å². The van der Waals surface area contributed by atoms with Crippen LogP contribution in [0.1, 0.15) is 11.6 Å². The van der Waals surface area contributed by atoms with Crippen molar-refractivity contribution in [3.8, 4) is 5.75 Å². The number of anilines is 1. The van der Waals surface area contributed by atoms with Gasteiger partial charge in [0.1, 0.15) is 5.75 Å². The minimum absolute atomic E-state index is 0.00971. The van der Waals surface area contributed by atoms with Gasteiger partial charge in [-0.2, -0.15) is 0 Å². The number of ether oxygens (including phenoxy) is 2.